The van der Waals surface area contributed by atoms with Crippen LogP contribution in [0.2, 0.25) is 0 Å². The van der Waals surface area contributed by atoms with E-state index in [9.17, 15) is 19.7 Å². The normalized spacial score (nSPS) is 17.0. The van der Waals surface area contributed by atoms with Crippen molar-refractivity contribution in [1.82, 2.24) is 5.32 Å². The average Bonchev–Trinajstić information content (AvgIpc) is 2.43. The fraction of sp³-hybridized carbons (Fsp3) is 0.333. The molecule has 0 bridgehead atoms. The number of aromatic carboxylic acids is 1. The lowest BCUT2D eigenvalue weighted by Crippen LogP contribution is -2.50. The third-order valence-corrected chi connectivity index (χ3v) is 4.26. The van der Waals surface area contributed by atoms with Gasteiger partial charge < -0.3 is 25.8 Å². The average molecular weight is 310 g/mol. The second-order valence-electron chi connectivity index (χ2n) is 4.59. The zero-order valence-electron chi connectivity index (χ0n) is 11.3. The van der Waals surface area contributed by atoms with Crippen LogP contribution in [0.5, 0.6) is 5.75 Å². The van der Waals surface area contributed by atoms with Crippen LogP contribution in [0.15, 0.2) is 17.0 Å². The molecule has 1 aliphatic rings. The lowest BCUT2D eigenvalue weighted by atomic mass is 9.72. The molecule has 0 radical (unpaired) electrons. The number of fused-ring (bicyclic) bond motifs is 1. The molecule has 0 saturated carbocycles. The molecule has 0 fully saturated rings. The Morgan fingerprint density at radius 1 is 1.57 bits per heavy atom. The Labute approximate surface area is 126 Å². The highest BCUT2D eigenvalue weighted by molar-refractivity contribution is 8.00. The number of hydrogen-bond donors (Lipinski definition) is 4. The van der Waals surface area contributed by atoms with Gasteiger partial charge in [0.1, 0.15) is 11.3 Å². The lowest BCUT2D eigenvalue weighted by Gasteiger charge is -2.28. The third kappa shape index (κ3) is 3.31. The molecule has 0 aromatic heterocycles. The van der Waals surface area contributed by atoms with Gasteiger partial charge in [-0.25, -0.2) is 4.79 Å². The number of carboxylic acids is 1. The van der Waals surface area contributed by atoms with Gasteiger partial charge in [-0.05, 0) is 25.1 Å². The van der Waals surface area contributed by atoms with Crippen molar-refractivity contribution in [2.24, 2.45) is 5.73 Å². The molecular formula is C12H15BN2O5S. The summed E-state index contributed by atoms with van der Waals surface area (Å²) in [4.78, 5) is 22.7. The van der Waals surface area contributed by atoms with Crippen LogP contribution in [-0.2, 0) is 11.2 Å². The molecule has 1 aromatic carbocycles. The zero-order chi connectivity index (χ0) is 15.6. The highest BCUT2D eigenvalue weighted by Gasteiger charge is 2.36. The summed E-state index contributed by atoms with van der Waals surface area (Å²) in [7, 11) is 0.564. The van der Waals surface area contributed by atoms with Crippen molar-refractivity contribution in [2.45, 2.75) is 17.3 Å². The Kier molecular flexibility index (Phi) is 4.76. The predicted molar refractivity (Wildman–Crippen MR) is 78.5 cm³/mol. The predicted octanol–water partition coefficient (Wildman–Crippen LogP) is -0.495. The summed E-state index contributed by atoms with van der Waals surface area (Å²) in [6.07, 6.45) is 0.452. The van der Waals surface area contributed by atoms with Crippen LogP contribution >= 0.6 is 11.8 Å². The molecule has 1 amide bonds. The van der Waals surface area contributed by atoms with Crippen LogP contribution in [-0.4, -0.2) is 47.9 Å². The van der Waals surface area contributed by atoms with Gasteiger partial charge in [-0.15, -0.1) is 11.8 Å². The molecule has 0 aliphatic carbocycles. The number of carboxylic acid groups (broad SMARTS) is 1. The van der Waals surface area contributed by atoms with Gasteiger partial charge in [-0.1, -0.05) is 6.07 Å². The van der Waals surface area contributed by atoms with Crippen molar-refractivity contribution >= 4 is 30.8 Å². The first kappa shape index (κ1) is 15.7. The Bertz CT molecular complexity index is 583. The van der Waals surface area contributed by atoms with E-state index < -0.39 is 19.0 Å². The number of likely N-dealkylation sites (N-methyl/N-ethyl adjacent to an activating group) is 1. The summed E-state index contributed by atoms with van der Waals surface area (Å²) in [6, 6.07) is 3.37. The smallest absolute Gasteiger partial charge is 0.534 e. The van der Waals surface area contributed by atoms with E-state index in [1.807, 2.05) is 0 Å². The molecular weight excluding hydrogens is 295 g/mol. The van der Waals surface area contributed by atoms with Crippen molar-refractivity contribution in [2.75, 3.05) is 12.8 Å². The van der Waals surface area contributed by atoms with Gasteiger partial charge in [-0.3, -0.25) is 4.79 Å². The van der Waals surface area contributed by atoms with Gasteiger partial charge >= 0.3 is 13.1 Å². The van der Waals surface area contributed by atoms with Crippen LogP contribution in [0.25, 0.3) is 0 Å². The topological polar surface area (TPSA) is 122 Å². The molecule has 1 aliphatic heterocycles. The zero-order valence-corrected chi connectivity index (χ0v) is 12.1. The molecule has 2 rings (SSSR count). The first-order valence-corrected chi connectivity index (χ1v) is 7.25. The first-order valence-electron chi connectivity index (χ1n) is 6.26. The summed E-state index contributed by atoms with van der Waals surface area (Å²) in [5.41, 5.74) is 5.72. The van der Waals surface area contributed by atoms with Gasteiger partial charge in [0.2, 0.25) is 5.91 Å². The molecule has 112 valence electrons. The number of nitrogens with two attached hydrogens (primary N) is 1. The van der Waals surface area contributed by atoms with Crippen LogP contribution in [0, 0.1) is 0 Å². The molecule has 1 unspecified atom stereocenters. The maximum Gasteiger partial charge on any atom is 0.541 e. The molecule has 1 aromatic rings. The number of hydrogen-bond acceptors (Lipinski definition) is 6. The van der Waals surface area contributed by atoms with Crippen molar-refractivity contribution in [3.63, 3.8) is 0 Å². The molecule has 0 spiro atoms. The van der Waals surface area contributed by atoms with E-state index in [1.54, 1.807) is 19.2 Å². The van der Waals surface area contributed by atoms with Crippen molar-refractivity contribution in [1.29, 1.82) is 0 Å². The minimum Gasteiger partial charge on any atom is -0.534 e. The summed E-state index contributed by atoms with van der Waals surface area (Å²) in [6.45, 7) is 0. The summed E-state index contributed by atoms with van der Waals surface area (Å²) >= 11 is 1.03. The molecule has 9 heteroatoms. The van der Waals surface area contributed by atoms with Gasteiger partial charge in [0.05, 0.1) is 11.7 Å². The Balaban J connectivity index is 2.41. The van der Waals surface area contributed by atoms with Crippen molar-refractivity contribution in [3.05, 3.63) is 23.3 Å². The van der Waals surface area contributed by atoms with E-state index in [0.29, 0.717) is 16.9 Å². The highest BCUT2D eigenvalue weighted by Crippen LogP contribution is 2.36. The van der Waals surface area contributed by atoms with Crippen molar-refractivity contribution in [3.8, 4) is 5.75 Å². The van der Waals surface area contributed by atoms with Crippen LogP contribution in [0.3, 0.4) is 0 Å². The van der Waals surface area contributed by atoms with Crippen LogP contribution in [0.1, 0.15) is 15.9 Å². The third-order valence-electron chi connectivity index (χ3n) is 3.18. The van der Waals surface area contributed by atoms with Gasteiger partial charge in [-0.2, -0.15) is 0 Å². The number of carbonyl (C=O) groups is 2. The SMILES string of the molecule is CNC1Cc2ccc(SCC(N)=O)c(C(=O)O)c2OB1O. The monoisotopic (exact) mass is 310 g/mol. The van der Waals surface area contributed by atoms with Crippen molar-refractivity contribution < 1.29 is 24.4 Å². The Morgan fingerprint density at radius 3 is 2.86 bits per heavy atom. The fourth-order valence-electron chi connectivity index (χ4n) is 2.16. The summed E-state index contributed by atoms with van der Waals surface area (Å²) in [5, 5.41) is 22.2. The van der Waals surface area contributed by atoms with Gasteiger partial charge in [0.25, 0.3) is 0 Å². The van der Waals surface area contributed by atoms with E-state index in [-0.39, 0.29) is 23.0 Å². The standard InChI is InChI=1S/C12H15BN2O5S/c1-15-8-4-6-2-3-7(21-5-9(14)16)10(12(17)18)11(6)20-13(8)19/h2-3,8,15,19H,4-5H2,1H3,(H2,14,16)(H,17,18). The number of thioether (sulfide) groups is 1. The molecule has 1 heterocycles. The number of rotatable bonds is 5. The molecule has 7 nitrogen and oxygen atoms in total. The number of primary amides is 1. The quantitative estimate of drug-likeness (QED) is 0.427. The maximum absolute atomic E-state index is 11.5. The summed E-state index contributed by atoms with van der Waals surface area (Å²) in [5.74, 6) is -1.89. The summed E-state index contributed by atoms with van der Waals surface area (Å²) < 4.78 is 5.36. The van der Waals surface area contributed by atoms with Gasteiger partial charge in [0, 0.05) is 4.90 Å². The lowest BCUT2D eigenvalue weighted by molar-refractivity contribution is -0.115. The van der Waals surface area contributed by atoms with E-state index in [2.05, 4.69) is 5.32 Å². The number of benzene rings is 1. The van der Waals surface area contributed by atoms with E-state index in [1.165, 1.54) is 0 Å². The Hall–Kier alpha value is -1.71. The van der Waals surface area contributed by atoms with E-state index in [4.69, 9.17) is 10.4 Å². The first-order chi connectivity index (χ1) is 9.93. The second kappa shape index (κ2) is 6.38. The van der Waals surface area contributed by atoms with Crippen LogP contribution < -0.4 is 15.7 Å². The number of nitrogens with one attached hydrogen (secondary N) is 1. The molecule has 1 atom stereocenters. The molecule has 21 heavy (non-hydrogen) atoms. The molecule has 0 saturated heterocycles. The fourth-order valence-corrected chi connectivity index (χ4v) is 2.95. The minimum atomic E-state index is -1.17. The largest absolute Gasteiger partial charge is 0.541 e. The minimum absolute atomic E-state index is 0.0270. The molecule has 5 N–H and O–H groups in total. The number of carbonyl (C=O) groups excluding carboxylic acids is 1. The number of amides is 1. The maximum atomic E-state index is 11.5. The highest BCUT2D eigenvalue weighted by atomic mass is 32.2. The Morgan fingerprint density at radius 2 is 2.29 bits per heavy atom. The van der Waals surface area contributed by atoms with Crippen LogP contribution in [0.4, 0.5) is 0 Å². The van der Waals surface area contributed by atoms with E-state index >= 15 is 0 Å². The van der Waals surface area contributed by atoms with E-state index in [0.717, 1.165) is 11.8 Å². The van der Waals surface area contributed by atoms with Gasteiger partial charge in [0.15, 0.2) is 0 Å². The second-order valence-corrected chi connectivity index (χ2v) is 5.61.